The Hall–Kier alpha value is -1.94. The lowest BCUT2D eigenvalue weighted by molar-refractivity contribution is 0.576. The van der Waals surface area contributed by atoms with E-state index in [2.05, 4.69) is 20.4 Å². The van der Waals surface area contributed by atoms with Crippen LogP contribution in [0, 0.1) is 13.8 Å². The van der Waals surface area contributed by atoms with E-state index < -0.39 is 0 Å². The third-order valence-corrected chi connectivity index (χ3v) is 5.56. The Labute approximate surface area is 177 Å². The Morgan fingerprint density at radius 3 is 1.25 bits per heavy atom. The average Bonchev–Trinajstić information content (AvgIpc) is 3.18. The van der Waals surface area contributed by atoms with Crippen molar-refractivity contribution in [2.24, 2.45) is 0 Å². The molecular weight excluding hydrogens is 392 g/mol. The Balaban J connectivity index is 1.47. The van der Waals surface area contributed by atoms with Gasteiger partial charge in [0.1, 0.15) is 11.6 Å². The molecule has 2 aromatic heterocycles. The van der Waals surface area contributed by atoms with Crippen molar-refractivity contribution in [1.29, 1.82) is 0 Å². The molecule has 0 atom stereocenters. The molecule has 28 heavy (non-hydrogen) atoms. The fraction of sp³-hybridized carbons (Fsp3) is 0.667. The summed E-state index contributed by atoms with van der Waals surface area (Å²) >= 11 is 10.8. The van der Waals surface area contributed by atoms with Gasteiger partial charge < -0.3 is 11.7 Å². The van der Waals surface area contributed by atoms with E-state index in [1.165, 1.54) is 47.9 Å². The number of aryl methyl sites for hydroxylation is 2. The highest BCUT2D eigenvalue weighted by Gasteiger charge is 2.11. The van der Waals surface area contributed by atoms with E-state index in [1.807, 2.05) is 13.8 Å². The van der Waals surface area contributed by atoms with E-state index in [4.69, 9.17) is 36.1 Å². The van der Waals surface area contributed by atoms with E-state index in [-0.39, 0.29) is 0 Å². The quantitative estimate of drug-likeness (QED) is 0.219. The van der Waals surface area contributed by atoms with Gasteiger partial charge in [-0.1, -0.05) is 63.0 Å². The number of hydrogen-bond acceptors (Lipinski definition) is 8. The standard InChI is InChI=1S/C18H30N8S2/c1-13-21-23-17(25(13)19)15(27)11-9-7-5-3-4-6-8-10-12-16(28)18-24-22-14(2)26(18)20/h3-12,19-20H2,1-2H3. The van der Waals surface area contributed by atoms with Crippen LogP contribution in [0.4, 0.5) is 0 Å². The largest absolute Gasteiger partial charge is 0.336 e. The second kappa shape index (κ2) is 11.2. The molecule has 0 radical (unpaired) electrons. The van der Waals surface area contributed by atoms with Gasteiger partial charge in [-0.2, -0.15) is 0 Å². The molecule has 154 valence electrons. The van der Waals surface area contributed by atoms with Crippen molar-refractivity contribution in [2.75, 3.05) is 11.7 Å². The van der Waals surface area contributed by atoms with Crippen LogP contribution in [0.3, 0.4) is 0 Å². The van der Waals surface area contributed by atoms with Gasteiger partial charge in [-0.05, 0) is 39.5 Å². The molecular formula is C18H30N8S2. The maximum atomic E-state index is 5.86. The first-order valence-corrected chi connectivity index (χ1v) is 10.6. The van der Waals surface area contributed by atoms with Gasteiger partial charge in [-0.15, -0.1) is 20.4 Å². The fourth-order valence-electron chi connectivity index (χ4n) is 2.97. The molecule has 0 saturated heterocycles. The summed E-state index contributed by atoms with van der Waals surface area (Å²) in [6.07, 6.45) is 11.1. The lowest BCUT2D eigenvalue weighted by Gasteiger charge is -2.05. The van der Waals surface area contributed by atoms with Gasteiger partial charge in [0, 0.05) is 0 Å². The molecule has 2 heterocycles. The second-order valence-corrected chi connectivity index (χ2v) is 8.04. The number of thiocarbonyl (C=S) groups is 2. The van der Waals surface area contributed by atoms with Crippen molar-refractivity contribution in [2.45, 2.75) is 78.1 Å². The van der Waals surface area contributed by atoms with Gasteiger partial charge in [0.2, 0.25) is 0 Å². The minimum Gasteiger partial charge on any atom is -0.336 e. The average molecular weight is 423 g/mol. The van der Waals surface area contributed by atoms with Crippen LogP contribution < -0.4 is 11.7 Å². The molecule has 0 fully saturated rings. The summed E-state index contributed by atoms with van der Waals surface area (Å²) in [5, 5.41) is 15.9. The summed E-state index contributed by atoms with van der Waals surface area (Å²) in [7, 11) is 0. The summed E-state index contributed by atoms with van der Waals surface area (Å²) in [5.41, 5.74) is 0. The first-order chi connectivity index (χ1) is 13.4. The molecule has 4 N–H and O–H groups in total. The molecule has 8 nitrogen and oxygen atoms in total. The molecule has 0 saturated carbocycles. The van der Waals surface area contributed by atoms with Crippen LogP contribution in [0.5, 0.6) is 0 Å². The van der Waals surface area contributed by atoms with Crippen LogP contribution in [0.2, 0.25) is 0 Å². The maximum absolute atomic E-state index is 5.86. The summed E-state index contributed by atoms with van der Waals surface area (Å²) in [4.78, 5) is 1.59. The first kappa shape index (κ1) is 22.4. The molecule has 0 bridgehead atoms. The topological polar surface area (TPSA) is 113 Å². The molecule has 2 rings (SSSR count). The monoisotopic (exact) mass is 422 g/mol. The molecule has 0 aromatic carbocycles. The first-order valence-electron chi connectivity index (χ1n) is 9.82. The number of rotatable bonds is 13. The normalized spacial score (nSPS) is 11.1. The van der Waals surface area contributed by atoms with Crippen molar-refractivity contribution in [1.82, 2.24) is 29.7 Å². The van der Waals surface area contributed by atoms with Gasteiger partial charge in [0.05, 0.1) is 9.73 Å². The van der Waals surface area contributed by atoms with Crippen LogP contribution in [0.15, 0.2) is 0 Å². The molecule has 0 unspecified atom stereocenters. The molecule has 0 aliphatic carbocycles. The molecule has 0 aliphatic rings. The Morgan fingerprint density at radius 1 is 0.643 bits per heavy atom. The fourth-order valence-corrected chi connectivity index (χ4v) is 3.54. The number of nitrogens with two attached hydrogens (primary N) is 2. The van der Waals surface area contributed by atoms with Crippen molar-refractivity contribution >= 4 is 34.2 Å². The third kappa shape index (κ3) is 6.30. The van der Waals surface area contributed by atoms with E-state index in [1.54, 1.807) is 0 Å². The molecule has 0 amide bonds. The summed E-state index contributed by atoms with van der Waals surface area (Å²) in [5.74, 6) is 14.3. The zero-order chi connectivity index (χ0) is 20.5. The number of nitrogens with zero attached hydrogens (tertiary/aromatic N) is 6. The summed E-state index contributed by atoms with van der Waals surface area (Å²) in [6.45, 7) is 3.63. The van der Waals surface area contributed by atoms with E-state index in [9.17, 15) is 0 Å². The third-order valence-electron chi connectivity index (χ3n) is 4.79. The molecule has 0 spiro atoms. The predicted octanol–water partition coefficient (Wildman–Crippen LogP) is 2.95. The van der Waals surface area contributed by atoms with E-state index in [0.717, 1.165) is 35.4 Å². The molecule has 10 heteroatoms. The minimum absolute atomic E-state index is 0.619. The van der Waals surface area contributed by atoms with Crippen LogP contribution in [0.1, 0.15) is 87.5 Å². The predicted molar refractivity (Wildman–Crippen MR) is 119 cm³/mol. The van der Waals surface area contributed by atoms with Crippen molar-refractivity contribution < 1.29 is 0 Å². The highest BCUT2D eigenvalue weighted by atomic mass is 32.1. The SMILES string of the molecule is Cc1nnc(C(=S)CCCCCCCCCCC(=S)c2nnc(C)n2N)n1N. The van der Waals surface area contributed by atoms with Gasteiger partial charge in [0.25, 0.3) is 0 Å². The lowest BCUT2D eigenvalue weighted by Crippen LogP contribution is -2.17. The van der Waals surface area contributed by atoms with Crippen LogP contribution in [-0.4, -0.2) is 39.5 Å². The highest BCUT2D eigenvalue weighted by molar-refractivity contribution is 7.81. The zero-order valence-electron chi connectivity index (χ0n) is 16.7. The van der Waals surface area contributed by atoms with Crippen molar-refractivity contribution in [3.8, 4) is 0 Å². The molecule has 0 aliphatic heterocycles. The number of hydrogen-bond donors (Lipinski definition) is 2. The van der Waals surface area contributed by atoms with Gasteiger partial charge in [-0.25, -0.2) is 9.35 Å². The Morgan fingerprint density at radius 2 is 0.964 bits per heavy atom. The number of aromatic nitrogens is 6. The number of nitrogen functional groups attached to an aromatic ring is 2. The van der Waals surface area contributed by atoms with Gasteiger partial charge >= 0.3 is 0 Å². The maximum Gasteiger partial charge on any atom is 0.189 e. The molecule has 2 aromatic rings. The summed E-state index contributed by atoms with van der Waals surface area (Å²) < 4.78 is 2.93. The lowest BCUT2D eigenvalue weighted by atomic mass is 10.0. The Kier molecular flexibility index (Phi) is 8.91. The minimum atomic E-state index is 0.619. The van der Waals surface area contributed by atoms with Crippen LogP contribution in [0.25, 0.3) is 0 Å². The summed E-state index contributed by atoms with van der Waals surface area (Å²) in [6, 6.07) is 0. The van der Waals surface area contributed by atoms with Gasteiger partial charge in [0.15, 0.2) is 11.6 Å². The highest BCUT2D eigenvalue weighted by Crippen LogP contribution is 2.13. The smallest absolute Gasteiger partial charge is 0.189 e. The zero-order valence-corrected chi connectivity index (χ0v) is 18.4. The van der Waals surface area contributed by atoms with Gasteiger partial charge in [-0.3, -0.25) is 0 Å². The van der Waals surface area contributed by atoms with E-state index in [0.29, 0.717) is 23.3 Å². The number of unbranched alkanes of at least 4 members (excludes halogenated alkanes) is 7. The van der Waals surface area contributed by atoms with Crippen molar-refractivity contribution in [3.05, 3.63) is 23.3 Å². The van der Waals surface area contributed by atoms with Crippen LogP contribution >= 0.6 is 24.4 Å². The van der Waals surface area contributed by atoms with E-state index >= 15 is 0 Å². The van der Waals surface area contributed by atoms with Crippen molar-refractivity contribution in [3.63, 3.8) is 0 Å². The second-order valence-electron chi connectivity index (χ2n) is 7.06. The van der Waals surface area contributed by atoms with Crippen LogP contribution in [-0.2, 0) is 0 Å². The Bertz CT molecular complexity index is 729.